The fourth-order valence-electron chi connectivity index (χ4n) is 2.18. The highest BCUT2D eigenvalue weighted by atomic mass is 16.7. The van der Waals surface area contributed by atoms with E-state index in [0.29, 0.717) is 30.4 Å². The largest absolute Gasteiger partial charge is 0.497 e. The van der Waals surface area contributed by atoms with Crippen molar-refractivity contribution in [3.63, 3.8) is 0 Å². The van der Waals surface area contributed by atoms with Crippen molar-refractivity contribution in [3.05, 3.63) is 47.5 Å². The molecule has 0 spiro atoms. The maximum Gasteiger partial charge on any atom is 0.231 e. The van der Waals surface area contributed by atoms with Crippen LogP contribution < -0.4 is 24.7 Å². The fourth-order valence-corrected chi connectivity index (χ4v) is 2.18. The van der Waals surface area contributed by atoms with Gasteiger partial charge < -0.3 is 24.7 Å². The van der Waals surface area contributed by atoms with Crippen LogP contribution in [0.25, 0.3) is 0 Å². The number of methoxy groups -OCH3 is 1. The van der Waals surface area contributed by atoms with Gasteiger partial charge in [0.2, 0.25) is 6.79 Å². The van der Waals surface area contributed by atoms with Gasteiger partial charge in [-0.25, -0.2) is 0 Å². The number of hydrogen-bond acceptors (Lipinski definition) is 5. The van der Waals surface area contributed by atoms with Gasteiger partial charge in [-0.3, -0.25) is 0 Å². The topological polar surface area (TPSA) is 62.9 Å². The van der Waals surface area contributed by atoms with Crippen LogP contribution in [0.3, 0.4) is 0 Å². The van der Waals surface area contributed by atoms with Gasteiger partial charge in [-0.15, -0.1) is 0 Å². The predicted molar refractivity (Wildman–Crippen MR) is 77.8 cm³/mol. The molecule has 5 nitrogen and oxygen atoms in total. The first-order valence-corrected chi connectivity index (χ1v) is 6.68. The van der Waals surface area contributed by atoms with Gasteiger partial charge in [-0.05, 0) is 23.8 Å². The summed E-state index contributed by atoms with van der Waals surface area (Å²) < 4.78 is 21.8. The van der Waals surface area contributed by atoms with Crippen LogP contribution in [0.1, 0.15) is 11.1 Å². The van der Waals surface area contributed by atoms with Crippen LogP contribution in [-0.4, -0.2) is 13.9 Å². The van der Waals surface area contributed by atoms with Crippen molar-refractivity contribution in [2.75, 3.05) is 13.9 Å². The van der Waals surface area contributed by atoms with Crippen LogP contribution in [0, 0.1) is 0 Å². The van der Waals surface area contributed by atoms with Crippen LogP contribution in [0.4, 0.5) is 0 Å². The molecule has 3 rings (SSSR count). The normalized spacial score (nSPS) is 12.3. The summed E-state index contributed by atoms with van der Waals surface area (Å²) in [5, 5.41) is 0. The number of benzene rings is 2. The summed E-state index contributed by atoms with van der Waals surface area (Å²) in [4.78, 5) is 0. The molecule has 0 fully saturated rings. The lowest BCUT2D eigenvalue weighted by atomic mass is 10.1. The second-order valence-electron chi connectivity index (χ2n) is 4.66. The number of rotatable bonds is 5. The third-order valence-electron chi connectivity index (χ3n) is 3.30. The number of hydrogen-bond donors (Lipinski definition) is 1. The molecule has 1 aliphatic heterocycles. The number of fused-ring (bicyclic) bond motifs is 1. The zero-order valence-electron chi connectivity index (χ0n) is 11.8. The van der Waals surface area contributed by atoms with Gasteiger partial charge in [0.05, 0.1) is 7.11 Å². The van der Waals surface area contributed by atoms with E-state index in [9.17, 15) is 0 Å². The predicted octanol–water partition coefficient (Wildman–Crippen LogP) is 2.46. The summed E-state index contributed by atoms with van der Waals surface area (Å²) in [6, 6.07) is 11.4. The van der Waals surface area contributed by atoms with Crippen molar-refractivity contribution in [3.8, 4) is 23.0 Å². The van der Waals surface area contributed by atoms with Crippen LogP contribution in [0.15, 0.2) is 36.4 Å². The molecule has 2 aromatic rings. The van der Waals surface area contributed by atoms with E-state index in [1.807, 2.05) is 36.4 Å². The third-order valence-corrected chi connectivity index (χ3v) is 3.30. The van der Waals surface area contributed by atoms with E-state index in [1.165, 1.54) is 0 Å². The fraction of sp³-hybridized carbons (Fsp3) is 0.250. The van der Waals surface area contributed by atoms with E-state index in [-0.39, 0.29) is 6.79 Å². The first kappa shape index (κ1) is 13.6. The summed E-state index contributed by atoms with van der Waals surface area (Å²) in [6.45, 7) is 1.05. The summed E-state index contributed by atoms with van der Waals surface area (Å²) in [7, 11) is 1.64. The van der Waals surface area contributed by atoms with Gasteiger partial charge in [0.1, 0.15) is 18.1 Å². The molecule has 5 heteroatoms. The standard InChI is InChI=1S/C16H17NO4/c1-18-13-4-2-3-11(5-13)9-19-14-7-16-15(20-10-21-16)6-12(14)8-17/h2-7H,8-10,17H2,1H3. The first-order chi connectivity index (χ1) is 10.3. The Hall–Kier alpha value is -2.40. The molecule has 0 amide bonds. The van der Waals surface area contributed by atoms with Gasteiger partial charge >= 0.3 is 0 Å². The Kier molecular flexibility index (Phi) is 3.83. The van der Waals surface area contributed by atoms with Crippen molar-refractivity contribution in [2.24, 2.45) is 5.73 Å². The quantitative estimate of drug-likeness (QED) is 0.915. The Labute approximate surface area is 123 Å². The van der Waals surface area contributed by atoms with Crippen LogP contribution >= 0.6 is 0 Å². The summed E-state index contributed by atoms with van der Waals surface area (Å²) >= 11 is 0. The summed E-state index contributed by atoms with van der Waals surface area (Å²) in [6.07, 6.45) is 0. The second kappa shape index (κ2) is 5.93. The van der Waals surface area contributed by atoms with Crippen LogP contribution in [0.5, 0.6) is 23.0 Å². The Bertz CT molecular complexity index is 642. The Morgan fingerprint density at radius 3 is 2.71 bits per heavy atom. The van der Waals surface area contributed by atoms with Gasteiger partial charge in [-0.1, -0.05) is 12.1 Å². The molecule has 1 aliphatic rings. The highest BCUT2D eigenvalue weighted by Gasteiger charge is 2.17. The summed E-state index contributed by atoms with van der Waals surface area (Å²) in [5.41, 5.74) is 7.68. The Morgan fingerprint density at radius 1 is 1.14 bits per heavy atom. The average molecular weight is 287 g/mol. The molecule has 21 heavy (non-hydrogen) atoms. The van der Waals surface area contributed by atoms with E-state index >= 15 is 0 Å². The maximum absolute atomic E-state index is 5.87. The molecule has 1 heterocycles. The monoisotopic (exact) mass is 287 g/mol. The maximum atomic E-state index is 5.87. The Morgan fingerprint density at radius 2 is 1.95 bits per heavy atom. The van der Waals surface area contributed by atoms with Crippen LogP contribution in [-0.2, 0) is 13.2 Å². The number of ether oxygens (including phenoxy) is 4. The van der Waals surface area contributed by atoms with Gasteiger partial charge in [-0.2, -0.15) is 0 Å². The average Bonchev–Trinajstić information content (AvgIpc) is 2.99. The molecular weight excluding hydrogens is 270 g/mol. The molecule has 0 bridgehead atoms. The SMILES string of the molecule is COc1cccc(COc2cc3c(cc2CN)OCO3)c1. The highest BCUT2D eigenvalue weighted by Crippen LogP contribution is 2.38. The smallest absolute Gasteiger partial charge is 0.231 e. The Balaban J connectivity index is 1.78. The zero-order valence-corrected chi connectivity index (χ0v) is 11.8. The van der Waals surface area contributed by atoms with Crippen molar-refractivity contribution < 1.29 is 18.9 Å². The zero-order chi connectivity index (χ0) is 14.7. The van der Waals surface area contributed by atoms with Gasteiger partial charge in [0.15, 0.2) is 11.5 Å². The van der Waals surface area contributed by atoms with E-state index < -0.39 is 0 Å². The molecule has 2 aromatic carbocycles. The minimum absolute atomic E-state index is 0.235. The molecule has 0 unspecified atom stereocenters. The molecule has 2 N–H and O–H groups in total. The molecule has 0 aromatic heterocycles. The van der Waals surface area contributed by atoms with Crippen molar-refractivity contribution in [1.29, 1.82) is 0 Å². The van der Waals surface area contributed by atoms with E-state index in [1.54, 1.807) is 7.11 Å². The summed E-state index contributed by atoms with van der Waals surface area (Å²) in [5.74, 6) is 2.92. The first-order valence-electron chi connectivity index (χ1n) is 6.68. The molecular formula is C16H17NO4. The minimum Gasteiger partial charge on any atom is -0.497 e. The molecule has 0 saturated heterocycles. The van der Waals surface area contributed by atoms with Gasteiger partial charge in [0, 0.05) is 18.2 Å². The van der Waals surface area contributed by atoms with Crippen molar-refractivity contribution in [1.82, 2.24) is 0 Å². The van der Waals surface area contributed by atoms with Gasteiger partial charge in [0.25, 0.3) is 0 Å². The van der Waals surface area contributed by atoms with Crippen molar-refractivity contribution >= 4 is 0 Å². The lowest BCUT2D eigenvalue weighted by Gasteiger charge is -2.12. The van der Waals surface area contributed by atoms with Crippen molar-refractivity contribution in [2.45, 2.75) is 13.2 Å². The highest BCUT2D eigenvalue weighted by molar-refractivity contribution is 5.51. The molecule has 0 atom stereocenters. The second-order valence-corrected chi connectivity index (χ2v) is 4.66. The molecule has 0 saturated carbocycles. The lowest BCUT2D eigenvalue weighted by molar-refractivity contribution is 0.173. The van der Waals surface area contributed by atoms with Crippen LogP contribution in [0.2, 0.25) is 0 Å². The molecule has 110 valence electrons. The minimum atomic E-state index is 0.235. The molecule has 0 radical (unpaired) electrons. The number of nitrogens with two attached hydrogens (primary N) is 1. The molecule has 0 aliphatic carbocycles. The lowest BCUT2D eigenvalue weighted by Crippen LogP contribution is -2.03. The van der Waals surface area contributed by atoms with E-state index in [2.05, 4.69) is 0 Å². The third kappa shape index (κ3) is 2.87. The van der Waals surface area contributed by atoms with E-state index in [4.69, 9.17) is 24.7 Å². The van der Waals surface area contributed by atoms with E-state index in [0.717, 1.165) is 16.9 Å².